The zero-order valence-corrected chi connectivity index (χ0v) is 12.5. The third kappa shape index (κ3) is 5.84. The first-order chi connectivity index (χ1) is 10.3. The van der Waals surface area contributed by atoms with Crippen molar-refractivity contribution in [3.05, 3.63) is 35.6 Å². The molecule has 0 bridgehead atoms. The monoisotopic (exact) mass is 292 g/mol. The Labute approximate surface area is 126 Å². The van der Waals surface area contributed by atoms with Crippen LogP contribution < -0.4 is 10.6 Å². The molecule has 1 amide bonds. The quantitative estimate of drug-likeness (QED) is 0.759. The van der Waals surface area contributed by atoms with Gasteiger partial charge in [-0.2, -0.15) is 0 Å². The average molecular weight is 292 g/mol. The number of carbonyl (C=O) groups is 1. The van der Waals surface area contributed by atoms with Crippen LogP contribution in [0.25, 0.3) is 0 Å². The lowest BCUT2D eigenvalue weighted by Crippen LogP contribution is -2.37. The molecule has 1 saturated carbocycles. The van der Waals surface area contributed by atoms with E-state index in [0.29, 0.717) is 32.0 Å². The molecular formula is C17H25FN2O. The van der Waals surface area contributed by atoms with E-state index in [1.165, 1.54) is 25.3 Å². The molecule has 4 heteroatoms. The summed E-state index contributed by atoms with van der Waals surface area (Å²) in [4.78, 5) is 11.8. The van der Waals surface area contributed by atoms with Crippen molar-refractivity contribution in [3.8, 4) is 0 Å². The summed E-state index contributed by atoms with van der Waals surface area (Å²) in [5.74, 6) is -0.0327. The van der Waals surface area contributed by atoms with Gasteiger partial charge in [0.1, 0.15) is 5.82 Å². The van der Waals surface area contributed by atoms with E-state index in [0.717, 1.165) is 18.4 Å². The minimum absolute atomic E-state index is 0.125. The topological polar surface area (TPSA) is 41.1 Å². The van der Waals surface area contributed by atoms with E-state index in [2.05, 4.69) is 10.6 Å². The Bertz CT molecular complexity index is 444. The first-order valence-corrected chi connectivity index (χ1v) is 7.99. The number of amides is 1. The van der Waals surface area contributed by atoms with Gasteiger partial charge in [-0.25, -0.2) is 4.39 Å². The Morgan fingerprint density at radius 1 is 1.14 bits per heavy atom. The van der Waals surface area contributed by atoms with Crippen LogP contribution in [0.2, 0.25) is 0 Å². The second-order valence-electron chi connectivity index (χ2n) is 5.74. The Hall–Kier alpha value is -1.42. The molecule has 0 atom stereocenters. The smallest absolute Gasteiger partial charge is 0.221 e. The fourth-order valence-corrected chi connectivity index (χ4v) is 2.80. The normalized spacial score (nSPS) is 15.9. The maximum Gasteiger partial charge on any atom is 0.221 e. The van der Waals surface area contributed by atoms with Gasteiger partial charge in [0.2, 0.25) is 5.91 Å². The summed E-state index contributed by atoms with van der Waals surface area (Å²) in [6, 6.07) is 7.20. The third-order valence-corrected chi connectivity index (χ3v) is 4.03. The number of carbonyl (C=O) groups excluding carboxylic acids is 1. The fraction of sp³-hybridized carbons (Fsp3) is 0.588. The van der Waals surface area contributed by atoms with Crippen molar-refractivity contribution in [2.24, 2.45) is 0 Å². The predicted molar refractivity (Wildman–Crippen MR) is 82.6 cm³/mol. The minimum Gasteiger partial charge on any atom is -0.353 e. The number of halogens is 1. The van der Waals surface area contributed by atoms with Crippen LogP contribution in [0.1, 0.15) is 44.1 Å². The van der Waals surface area contributed by atoms with Crippen LogP contribution in [0.5, 0.6) is 0 Å². The van der Waals surface area contributed by atoms with Gasteiger partial charge in [-0.1, -0.05) is 37.5 Å². The molecule has 0 aromatic heterocycles. The van der Waals surface area contributed by atoms with E-state index in [4.69, 9.17) is 0 Å². The molecule has 3 nitrogen and oxygen atoms in total. The van der Waals surface area contributed by atoms with Gasteiger partial charge in [-0.3, -0.25) is 4.79 Å². The van der Waals surface area contributed by atoms with E-state index in [9.17, 15) is 9.18 Å². The van der Waals surface area contributed by atoms with Gasteiger partial charge in [-0.05, 0) is 37.4 Å². The van der Waals surface area contributed by atoms with Gasteiger partial charge < -0.3 is 10.6 Å². The molecule has 1 aromatic carbocycles. The lowest BCUT2D eigenvalue weighted by Gasteiger charge is -2.22. The van der Waals surface area contributed by atoms with Crippen molar-refractivity contribution in [2.75, 3.05) is 13.1 Å². The SMILES string of the molecule is O=C(CCNCCc1ccccc1F)NC1CCCCC1. The van der Waals surface area contributed by atoms with Gasteiger partial charge in [0.25, 0.3) is 0 Å². The molecule has 0 unspecified atom stereocenters. The maximum atomic E-state index is 13.4. The van der Waals surface area contributed by atoms with Gasteiger partial charge in [0, 0.05) is 19.0 Å². The summed E-state index contributed by atoms with van der Waals surface area (Å²) in [6.45, 7) is 1.34. The number of hydrogen-bond donors (Lipinski definition) is 2. The van der Waals surface area contributed by atoms with Crippen molar-refractivity contribution in [3.63, 3.8) is 0 Å². The van der Waals surface area contributed by atoms with E-state index >= 15 is 0 Å². The molecule has 2 N–H and O–H groups in total. The van der Waals surface area contributed by atoms with Crippen molar-refractivity contribution in [2.45, 2.75) is 51.0 Å². The van der Waals surface area contributed by atoms with Crippen LogP contribution in [0.4, 0.5) is 4.39 Å². The average Bonchev–Trinajstić information content (AvgIpc) is 2.50. The van der Waals surface area contributed by atoms with Crippen LogP contribution in [-0.2, 0) is 11.2 Å². The Kier molecular flexibility index (Phi) is 6.67. The van der Waals surface area contributed by atoms with Crippen molar-refractivity contribution in [1.29, 1.82) is 0 Å². The third-order valence-electron chi connectivity index (χ3n) is 4.03. The molecule has 0 heterocycles. The van der Waals surface area contributed by atoms with E-state index in [-0.39, 0.29) is 11.7 Å². The molecule has 0 aliphatic heterocycles. The Morgan fingerprint density at radius 2 is 1.90 bits per heavy atom. The van der Waals surface area contributed by atoms with Gasteiger partial charge >= 0.3 is 0 Å². The van der Waals surface area contributed by atoms with Gasteiger partial charge in [0.15, 0.2) is 0 Å². The summed E-state index contributed by atoms with van der Waals surface area (Å²) in [5.41, 5.74) is 0.719. The highest BCUT2D eigenvalue weighted by Gasteiger charge is 2.15. The van der Waals surface area contributed by atoms with Crippen LogP contribution in [-0.4, -0.2) is 25.0 Å². The van der Waals surface area contributed by atoms with Crippen LogP contribution in [0, 0.1) is 5.82 Å². The van der Waals surface area contributed by atoms with Crippen molar-refractivity contribution >= 4 is 5.91 Å². The molecule has 1 fully saturated rings. The molecule has 1 aliphatic carbocycles. The van der Waals surface area contributed by atoms with Crippen LogP contribution in [0.3, 0.4) is 0 Å². The standard InChI is InChI=1S/C17H25FN2O/c18-16-9-5-4-6-14(16)10-12-19-13-11-17(21)20-15-7-2-1-3-8-15/h4-6,9,15,19H,1-3,7-8,10-13H2,(H,20,21). The van der Waals surface area contributed by atoms with Crippen molar-refractivity contribution < 1.29 is 9.18 Å². The molecular weight excluding hydrogens is 267 g/mol. The molecule has 2 rings (SSSR count). The Morgan fingerprint density at radius 3 is 2.67 bits per heavy atom. The highest BCUT2D eigenvalue weighted by atomic mass is 19.1. The molecule has 1 aliphatic rings. The summed E-state index contributed by atoms with van der Waals surface area (Å²) < 4.78 is 13.4. The molecule has 0 spiro atoms. The van der Waals surface area contributed by atoms with Crippen LogP contribution in [0.15, 0.2) is 24.3 Å². The van der Waals surface area contributed by atoms with E-state index < -0.39 is 0 Å². The lowest BCUT2D eigenvalue weighted by atomic mass is 9.95. The number of nitrogens with one attached hydrogen (secondary N) is 2. The highest BCUT2D eigenvalue weighted by Crippen LogP contribution is 2.17. The number of hydrogen-bond acceptors (Lipinski definition) is 2. The number of rotatable bonds is 7. The summed E-state index contributed by atoms with van der Waals surface area (Å²) in [5, 5.41) is 6.30. The lowest BCUT2D eigenvalue weighted by molar-refractivity contribution is -0.121. The summed E-state index contributed by atoms with van der Waals surface area (Å²) in [6.07, 6.45) is 7.13. The van der Waals surface area contributed by atoms with Crippen molar-refractivity contribution in [1.82, 2.24) is 10.6 Å². The van der Waals surface area contributed by atoms with E-state index in [1.807, 2.05) is 6.07 Å². The molecule has 0 radical (unpaired) electrons. The second kappa shape index (κ2) is 8.78. The highest BCUT2D eigenvalue weighted by molar-refractivity contribution is 5.76. The zero-order valence-electron chi connectivity index (χ0n) is 12.5. The van der Waals surface area contributed by atoms with Gasteiger partial charge in [0.05, 0.1) is 0 Å². The molecule has 21 heavy (non-hydrogen) atoms. The first kappa shape index (κ1) is 16.0. The second-order valence-corrected chi connectivity index (χ2v) is 5.74. The summed E-state index contributed by atoms with van der Waals surface area (Å²) >= 11 is 0. The minimum atomic E-state index is -0.158. The fourth-order valence-electron chi connectivity index (χ4n) is 2.80. The van der Waals surface area contributed by atoms with E-state index in [1.54, 1.807) is 12.1 Å². The van der Waals surface area contributed by atoms with Gasteiger partial charge in [-0.15, -0.1) is 0 Å². The first-order valence-electron chi connectivity index (χ1n) is 7.99. The molecule has 116 valence electrons. The maximum absolute atomic E-state index is 13.4. The molecule has 1 aromatic rings. The Balaban J connectivity index is 1.55. The zero-order chi connectivity index (χ0) is 14.9. The van der Waals surface area contributed by atoms with Crippen LogP contribution >= 0.6 is 0 Å². The predicted octanol–water partition coefficient (Wildman–Crippen LogP) is 2.80. The summed E-state index contributed by atoms with van der Waals surface area (Å²) in [7, 11) is 0. The largest absolute Gasteiger partial charge is 0.353 e. The number of benzene rings is 1. The molecule has 0 saturated heterocycles.